The molecule has 0 radical (unpaired) electrons. The highest BCUT2D eigenvalue weighted by Crippen LogP contribution is 2.30. The monoisotopic (exact) mass is 254 g/mol. The average molecular weight is 255 g/mol. The lowest BCUT2D eigenvalue weighted by molar-refractivity contribution is -0.189. The predicted molar refractivity (Wildman–Crippen MR) is 53.5 cm³/mol. The first-order valence-corrected chi connectivity index (χ1v) is 4.85. The minimum absolute atomic E-state index is 0.0441. The summed E-state index contributed by atoms with van der Waals surface area (Å²) in [6.45, 7) is 0.672. The molecule has 0 aromatic heterocycles. The molecule has 1 N–H and O–H groups in total. The van der Waals surface area contributed by atoms with Crippen LogP contribution in [0.15, 0.2) is 18.2 Å². The fraction of sp³-hybridized carbons (Fsp3) is 0.400. The van der Waals surface area contributed by atoms with E-state index in [1.807, 2.05) is 0 Å². The van der Waals surface area contributed by atoms with Gasteiger partial charge in [0.25, 0.3) is 0 Å². The lowest BCUT2D eigenvalue weighted by atomic mass is 10.2. The van der Waals surface area contributed by atoms with Crippen LogP contribution in [0.2, 0.25) is 5.02 Å². The fourth-order valence-corrected chi connectivity index (χ4v) is 1.24. The van der Waals surface area contributed by atoms with E-state index in [0.717, 1.165) is 6.92 Å². The van der Waals surface area contributed by atoms with E-state index >= 15 is 0 Å². The summed E-state index contributed by atoms with van der Waals surface area (Å²) in [6, 6.07) is 4.11. The van der Waals surface area contributed by atoms with E-state index in [1.165, 1.54) is 18.2 Å². The largest absolute Gasteiger partial charge is 0.480 e. The van der Waals surface area contributed by atoms with Crippen LogP contribution in [-0.4, -0.2) is 17.4 Å². The summed E-state index contributed by atoms with van der Waals surface area (Å²) < 4.78 is 41.3. The van der Waals surface area contributed by atoms with Gasteiger partial charge < -0.3 is 9.84 Å². The van der Waals surface area contributed by atoms with Gasteiger partial charge in [0.1, 0.15) is 5.75 Å². The van der Waals surface area contributed by atoms with E-state index < -0.39 is 12.3 Å². The number of ether oxygens (including phenoxy) is 1. The maximum atomic E-state index is 12.2. The summed E-state index contributed by atoms with van der Waals surface area (Å²) in [5.74, 6) is -0.0521. The van der Waals surface area contributed by atoms with Crippen LogP contribution in [0.4, 0.5) is 13.2 Å². The molecule has 16 heavy (non-hydrogen) atoms. The number of aliphatic hydroxyl groups excluding tert-OH is 1. The van der Waals surface area contributed by atoms with Gasteiger partial charge in [0.15, 0.2) is 6.10 Å². The molecular formula is C10H10ClF3O2. The summed E-state index contributed by atoms with van der Waals surface area (Å²) in [4.78, 5) is 0. The summed E-state index contributed by atoms with van der Waals surface area (Å²) >= 11 is 5.70. The van der Waals surface area contributed by atoms with Gasteiger partial charge in [-0.05, 0) is 24.6 Å². The van der Waals surface area contributed by atoms with E-state index in [1.54, 1.807) is 0 Å². The first kappa shape index (κ1) is 13.1. The van der Waals surface area contributed by atoms with Gasteiger partial charge in [-0.2, -0.15) is 13.2 Å². The number of hydrogen-bond donors (Lipinski definition) is 1. The second-order valence-corrected chi connectivity index (χ2v) is 3.63. The second-order valence-electron chi connectivity index (χ2n) is 3.22. The van der Waals surface area contributed by atoms with Crippen LogP contribution in [0.3, 0.4) is 0 Å². The van der Waals surface area contributed by atoms with Crippen molar-refractivity contribution in [3.8, 4) is 5.75 Å². The Labute approximate surface area is 95.6 Å². The maximum absolute atomic E-state index is 12.2. The molecule has 1 rings (SSSR count). The Morgan fingerprint density at radius 3 is 2.50 bits per heavy atom. The van der Waals surface area contributed by atoms with Crippen molar-refractivity contribution in [2.75, 3.05) is 0 Å². The van der Waals surface area contributed by atoms with Gasteiger partial charge in [-0.1, -0.05) is 17.7 Å². The van der Waals surface area contributed by atoms with Crippen molar-refractivity contribution in [3.05, 3.63) is 28.8 Å². The zero-order valence-corrected chi connectivity index (χ0v) is 9.14. The second kappa shape index (κ2) is 4.93. The smallest absolute Gasteiger partial charge is 0.425 e. The zero-order chi connectivity index (χ0) is 12.3. The lowest BCUT2D eigenvalue weighted by Gasteiger charge is -2.18. The molecule has 0 saturated heterocycles. The lowest BCUT2D eigenvalue weighted by Crippen LogP contribution is -2.31. The third kappa shape index (κ3) is 3.28. The van der Waals surface area contributed by atoms with Crippen LogP contribution < -0.4 is 4.74 Å². The van der Waals surface area contributed by atoms with E-state index in [-0.39, 0.29) is 17.4 Å². The Hall–Kier alpha value is -0.940. The van der Waals surface area contributed by atoms with Crippen LogP contribution >= 0.6 is 11.6 Å². The molecule has 0 aliphatic rings. The van der Waals surface area contributed by atoms with Crippen molar-refractivity contribution in [3.63, 3.8) is 0 Å². The first-order valence-electron chi connectivity index (χ1n) is 4.47. The Kier molecular flexibility index (Phi) is 4.04. The molecule has 0 spiro atoms. The number of benzene rings is 1. The molecule has 0 aliphatic heterocycles. The highest BCUT2D eigenvalue weighted by atomic mass is 35.5. The molecule has 1 atom stereocenters. The molecule has 0 aliphatic carbocycles. The molecule has 0 fully saturated rings. The van der Waals surface area contributed by atoms with Crippen LogP contribution in [-0.2, 0) is 6.61 Å². The maximum Gasteiger partial charge on any atom is 0.425 e. The molecule has 1 aromatic carbocycles. The standard InChI is InChI=1S/C10H10ClF3O2/c1-6(10(12,13)14)16-9-3-2-7(5-15)4-8(9)11/h2-4,6,15H,5H2,1H3. The summed E-state index contributed by atoms with van der Waals surface area (Å²) in [6.07, 6.45) is -6.36. The van der Waals surface area contributed by atoms with Gasteiger partial charge in [0.2, 0.25) is 0 Å². The Bertz CT molecular complexity index is 366. The SMILES string of the molecule is CC(Oc1ccc(CO)cc1Cl)C(F)(F)F. The third-order valence-corrected chi connectivity index (χ3v) is 2.24. The molecule has 0 heterocycles. The van der Waals surface area contributed by atoms with E-state index in [4.69, 9.17) is 16.7 Å². The molecule has 2 nitrogen and oxygen atoms in total. The fourth-order valence-electron chi connectivity index (χ4n) is 0.996. The summed E-state index contributed by atoms with van der Waals surface area (Å²) in [5.41, 5.74) is 0.511. The van der Waals surface area contributed by atoms with Crippen LogP contribution in [0.5, 0.6) is 5.75 Å². The Morgan fingerprint density at radius 2 is 2.06 bits per heavy atom. The molecule has 1 aromatic rings. The van der Waals surface area contributed by atoms with Crippen molar-refractivity contribution < 1.29 is 23.0 Å². The topological polar surface area (TPSA) is 29.5 Å². The Balaban J connectivity index is 2.82. The van der Waals surface area contributed by atoms with Gasteiger partial charge in [-0.25, -0.2) is 0 Å². The van der Waals surface area contributed by atoms with Gasteiger partial charge in [0.05, 0.1) is 11.6 Å². The van der Waals surface area contributed by atoms with E-state index in [2.05, 4.69) is 4.74 Å². The number of alkyl halides is 3. The van der Waals surface area contributed by atoms with Gasteiger partial charge in [-0.15, -0.1) is 0 Å². The van der Waals surface area contributed by atoms with Crippen molar-refractivity contribution in [1.29, 1.82) is 0 Å². The van der Waals surface area contributed by atoms with Crippen LogP contribution in [0.25, 0.3) is 0 Å². The minimum Gasteiger partial charge on any atom is -0.480 e. The van der Waals surface area contributed by atoms with Gasteiger partial charge >= 0.3 is 6.18 Å². The van der Waals surface area contributed by atoms with Crippen molar-refractivity contribution >= 4 is 11.6 Å². The zero-order valence-electron chi connectivity index (χ0n) is 8.38. The normalized spacial score (nSPS) is 13.6. The van der Waals surface area contributed by atoms with Gasteiger partial charge in [0, 0.05) is 0 Å². The number of rotatable bonds is 3. The molecule has 6 heteroatoms. The average Bonchev–Trinajstić information content (AvgIpc) is 2.19. The molecule has 0 saturated carbocycles. The molecular weight excluding hydrogens is 245 g/mol. The van der Waals surface area contributed by atoms with Gasteiger partial charge in [-0.3, -0.25) is 0 Å². The predicted octanol–water partition coefficient (Wildman–Crippen LogP) is 3.16. The number of halogens is 4. The van der Waals surface area contributed by atoms with Crippen molar-refractivity contribution in [1.82, 2.24) is 0 Å². The highest BCUT2D eigenvalue weighted by molar-refractivity contribution is 6.32. The quantitative estimate of drug-likeness (QED) is 0.898. The summed E-state index contributed by atoms with van der Waals surface area (Å²) in [5, 5.41) is 8.83. The van der Waals surface area contributed by atoms with E-state index in [0.29, 0.717) is 5.56 Å². The molecule has 0 amide bonds. The molecule has 1 unspecified atom stereocenters. The first-order chi connectivity index (χ1) is 7.34. The highest BCUT2D eigenvalue weighted by Gasteiger charge is 2.38. The third-order valence-electron chi connectivity index (χ3n) is 1.94. The van der Waals surface area contributed by atoms with Crippen molar-refractivity contribution in [2.24, 2.45) is 0 Å². The minimum atomic E-state index is -4.43. The van der Waals surface area contributed by atoms with Crippen molar-refractivity contribution in [2.45, 2.75) is 25.8 Å². The van der Waals surface area contributed by atoms with Crippen LogP contribution in [0.1, 0.15) is 12.5 Å². The molecule has 0 bridgehead atoms. The number of hydrogen-bond acceptors (Lipinski definition) is 2. The van der Waals surface area contributed by atoms with E-state index in [9.17, 15) is 13.2 Å². The number of aliphatic hydroxyl groups is 1. The Morgan fingerprint density at radius 1 is 1.44 bits per heavy atom. The molecule has 90 valence electrons. The van der Waals surface area contributed by atoms with Crippen LogP contribution in [0, 0.1) is 0 Å². The summed E-state index contributed by atoms with van der Waals surface area (Å²) in [7, 11) is 0.